The van der Waals surface area contributed by atoms with E-state index in [-0.39, 0.29) is 64.5 Å². The molecule has 0 aromatic carbocycles. The number of aromatic nitrogens is 1. The summed E-state index contributed by atoms with van der Waals surface area (Å²) in [6, 6.07) is -0.528. The average Bonchev–Trinajstić information content (AvgIpc) is 1.98. The number of hydrogen-bond acceptors (Lipinski definition) is 0. The van der Waals surface area contributed by atoms with E-state index in [1.54, 1.807) is 0 Å². The predicted molar refractivity (Wildman–Crippen MR) is 25.5 cm³/mol. The van der Waals surface area contributed by atoms with Crippen LogP contribution in [0.1, 0.15) is 5.48 Å². The quantitative estimate of drug-likeness (QED) is 0.390. The molecule has 1 nitrogen and oxygen atoms in total. The molecule has 0 fully saturated rings. The first-order valence-electron chi connectivity index (χ1n) is 3.20. The number of rotatable bonds is 0. The van der Waals surface area contributed by atoms with Gasteiger partial charge in [0.15, 0.2) is 0 Å². The van der Waals surface area contributed by atoms with Gasteiger partial charge in [0.05, 0.1) is 2.74 Å². The molecule has 0 aliphatic rings. The summed E-state index contributed by atoms with van der Waals surface area (Å²) in [5, 5.41) is 0. The first-order chi connectivity index (χ1) is 4.13. The Morgan fingerprint density at radius 2 is 1.71 bits per heavy atom. The van der Waals surface area contributed by atoms with Crippen LogP contribution in [0.4, 0.5) is 0 Å². The SMILES string of the molecule is [2H]c1[n-]c([2H])c([2H])c1[2H].[Br-].[Mg+2]. The van der Waals surface area contributed by atoms with E-state index in [1.165, 1.54) is 0 Å². The van der Waals surface area contributed by atoms with Gasteiger partial charge in [-0.25, -0.2) is 0 Å². The van der Waals surface area contributed by atoms with E-state index in [0.29, 0.717) is 0 Å². The fourth-order valence-corrected chi connectivity index (χ4v) is 0.140. The van der Waals surface area contributed by atoms with Gasteiger partial charge in [0, 0.05) is 2.74 Å². The van der Waals surface area contributed by atoms with Gasteiger partial charge in [-0.1, -0.05) is 12.1 Å². The Hall–Kier alpha value is 0.526. The summed E-state index contributed by atoms with van der Waals surface area (Å²) in [4.78, 5) is 3.27. The van der Waals surface area contributed by atoms with Crippen LogP contribution in [0.3, 0.4) is 0 Å². The van der Waals surface area contributed by atoms with E-state index >= 15 is 0 Å². The van der Waals surface area contributed by atoms with E-state index in [1.807, 2.05) is 0 Å². The van der Waals surface area contributed by atoms with Crippen molar-refractivity contribution in [1.29, 1.82) is 0 Å². The van der Waals surface area contributed by atoms with Gasteiger partial charge in [0.1, 0.15) is 0 Å². The minimum absolute atomic E-state index is 0. The van der Waals surface area contributed by atoms with Gasteiger partial charge >= 0.3 is 23.1 Å². The molecule has 34 valence electrons. The molecule has 0 saturated carbocycles. The van der Waals surface area contributed by atoms with Crippen molar-refractivity contribution in [2.75, 3.05) is 0 Å². The third kappa shape index (κ3) is 4.38. The Morgan fingerprint density at radius 1 is 1.29 bits per heavy atom. The molecule has 0 N–H and O–H groups in total. The van der Waals surface area contributed by atoms with Gasteiger partial charge < -0.3 is 22.0 Å². The zero-order chi connectivity index (χ0) is 7.02. The van der Waals surface area contributed by atoms with E-state index in [2.05, 4.69) is 4.98 Å². The zero-order valence-corrected chi connectivity index (χ0v) is 6.53. The van der Waals surface area contributed by atoms with E-state index in [0.717, 1.165) is 0 Å². The van der Waals surface area contributed by atoms with Crippen LogP contribution in [0, 0.1) is 0 Å². The monoisotopic (exact) mass is 173 g/mol. The van der Waals surface area contributed by atoms with Crippen LogP contribution in [-0.4, -0.2) is 23.1 Å². The molecule has 0 radical (unpaired) electrons. The van der Waals surface area contributed by atoms with Crippen molar-refractivity contribution < 1.29 is 22.5 Å². The Bertz CT molecular complexity index is 216. The van der Waals surface area contributed by atoms with Crippen LogP contribution >= 0.6 is 0 Å². The van der Waals surface area contributed by atoms with Crippen LogP contribution in [-0.2, 0) is 0 Å². The van der Waals surface area contributed by atoms with Crippen molar-refractivity contribution >= 4 is 23.1 Å². The molecule has 7 heavy (non-hydrogen) atoms. The third-order valence-electron chi connectivity index (χ3n) is 0.286. The summed E-state index contributed by atoms with van der Waals surface area (Å²) in [6.07, 6.45) is -0.574. The topological polar surface area (TPSA) is 14.1 Å². The van der Waals surface area contributed by atoms with Crippen LogP contribution in [0.25, 0.3) is 0 Å². The molecular weight excluding hydrogens is 166 g/mol. The second-order valence-corrected chi connectivity index (χ2v) is 0.585. The molecule has 0 aliphatic carbocycles. The van der Waals surface area contributed by atoms with Gasteiger partial charge in [0.25, 0.3) is 0 Å². The van der Waals surface area contributed by atoms with Gasteiger partial charge in [-0.15, -0.1) is 0 Å². The van der Waals surface area contributed by atoms with Crippen LogP contribution < -0.4 is 22.0 Å². The van der Waals surface area contributed by atoms with Gasteiger partial charge in [-0.2, -0.15) is 12.3 Å². The number of halogens is 1. The molecule has 0 spiro atoms. The summed E-state index contributed by atoms with van der Waals surface area (Å²) < 4.78 is 27.5. The molecule has 1 heterocycles. The predicted octanol–water partition coefficient (Wildman–Crippen LogP) is -2.73. The second kappa shape index (κ2) is 6.53. The Kier molecular flexibility index (Phi) is 3.29. The molecule has 0 amide bonds. The maximum Gasteiger partial charge on any atom is 2.00 e. The average molecular weight is 174 g/mol. The Labute approximate surface area is 75.0 Å². The molecule has 0 bridgehead atoms. The van der Waals surface area contributed by atoms with E-state index < -0.39 is 0 Å². The summed E-state index contributed by atoms with van der Waals surface area (Å²) >= 11 is 0. The minimum atomic E-state index is -0.287. The van der Waals surface area contributed by atoms with Crippen LogP contribution in [0.15, 0.2) is 24.4 Å². The number of hydrogen-bond donors (Lipinski definition) is 0. The van der Waals surface area contributed by atoms with Crippen molar-refractivity contribution in [2.45, 2.75) is 0 Å². The molecular formula is C4H4BrMgN. The smallest absolute Gasteiger partial charge is 1.00 e. The maximum absolute atomic E-state index is 6.91. The molecule has 1 aromatic heterocycles. The second-order valence-electron chi connectivity index (χ2n) is 0.585. The number of nitrogens with zero attached hydrogens (tertiary/aromatic N) is 1. The minimum Gasteiger partial charge on any atom is -1.00 e. The zero-order valence-electron chi connectivity index (χ0n) is 7.53. The van der Waals surface area contributed by atoms with Crippen LogP contribution in [0.5, 0.6) is 0 Å². The van der Waals surface area contributed by atoms with Crippen molar-refractivity contribution in [2.24, 2.45) is 0 Å². The molecule has 0 atom stereocenters. The molecule has 0 aliphatic heterocycles. The first-order valence-corrected chi connectivity index (χ1v) is 1.20. The molecule has 0 saturated heterocycles. The summed E-state index contributed by atoms with van der Waals surface area (Å²) in [6.45, 7) is 0. The van der Waals surface area contributed by atoms with Crippen LogP contribution in [0.2, 0.25) is 0 Å². The molecule has 0 unspecified atom stereocenters. The molecule has 1 rings (SSSR count). The third-order valence-corrected chi connectivity index (χ3v) is 0.286. The molecule has 1 aromatic rings. The van der Waals surface area contributed by atoms with Crippen molar-refractivity contribution in [3.8, 4) is 0 Å². The normalized spacial score (nSPS) is 13.7. The first kappa shape index (κ1) is 3.53. The Balaban J connectivity index is 0. The Morgan fingerprint density at radius 3 is 1.86 bits per heavy atom. The summed E-state index contributed by atoms with van der Waals surface area (Å²) in [5.41, 5.74) is 0. The van der Waals surface area contributed by atoms with Crippen molar-refractivity contribution in [3.05, 3.63) is 24.4 Å². The standard InChI is InChI=1S/C4H4N.BrH.Mg/c1-2-4-5-3-1;;/h1-4H;1H;/q-1;;+2/p-1/i1D,2D,3D,4D;;. The maximum atomic E-state index is 6.91. The molecule has 3 heteroatoms. The fraction of sp³-hybridized carbons (Fsp3) is 0. The van der Waals surface area contributed by atoms with E-state index in [9.17, 15) is 0 Å². The van der Waals surface area contributed by atoms with Gasteiger partial charge in [0.2, 0.25) is 0 Å². The van der Waals surface area contributed by atoms with Gasteiger partial charge in [-0.3, -0.25) is 0 Å². The summed E-state index contributed by atoms with van der Waals surface area (Å²) in [5.74, 6) is 0. The van der Waals surface area contributed by atoms with Gasteiger partial charge in [-0.05, 0) is 0 Å². The van der Waals surface area contributed by atoms with Crippen molar-refractivity contribution in [3.63, 3.8) is 0 Å². The fourth-order valence-electron chi connectivity index (χ4n) is 0.140. The van der Waals surface area contributed by atoms with Crippen molar-refractivity contribution in [1.82, 2.24) is 4.98 Å². The summed E-state index contributed by atoms with van der Waals surface area (Å²) in [7, 11) is 0. The van der Waals surface area contributed by atoms with E-state index in [4.69, 9.17) is 5.48 Å². The largest absolute Gasteiger partial charge is 2.00 e.